The number of likely N-dealkylation sites (N-methyl/N-ethyl adjacent to an activating group) is 1. The number of hydrogen-bond acceptors (Lipinski definition) is 3. The highest BCUT2D eigenvalue weighted by molar-refractivity contribution is 5.94. The Morgan fingerprint density at radius 2 is 1.58 bits per heavy atom. The fraction of sp³-hybridized carbons (Fsp3) is 0.300. The quantitative estimate of drug-likeness (QED) is 0.671. The monoisotopic (exact) mass is 356 g/mol. The number of aryl methyl sites for hydroxylation is 1. The SMILES string of the molecule is CC[NH+](CC(=O)Nc1ccc(C)cc1)CC(=O)Nc1ccccc1OC. The lowest BCUT2D eigenvalue weighted by atomic mass is 10.2. The van der Waals surface area contributed by atoms with Gasteiger partial charge >= 0.3 is 0 Å². The minimum absolute atomic E-state index is 0.115. The van der Waals surface area contributed by atoms with Crippen molar-refractivity contribution in [3.05, 3.63) is 54.1 Å². The summed E-state index contributed by atoms with van der Waals surface area (Å²) >= 11 is 0. The molecule has 0 saturated heterocycles. The molecule has 0 heterocycles. The van der Waals surface area contributed by atoms with Crippen molar-refractivity contribution >= 4 is 23.2 Å². The van der Waals surface area contributed by atoms with Gasteiger partial charge in [0.1, 0.15) is 5.75 Å². The summed E-state index contributed by atoms with van der Waals surface area (Å²) in [7, 11) is 1.56. The van der Waals surface area contributed by atoms with Crippen LogP contribution in [0.15, 0.2) is 48.5 Å². The van der Waals surface area contributed by atoms with Crippen LogP contribution in [-0.2, 0) is 9.59 Å². The van der Waals surface area contributed by atoms with Crippen LogP contribution in [0, 0.1) is 6.92 Å². The van der Waals surface area contributed by atoms with Crippen molar-refractivity contribution in [2.45, 2.75) is 13.8 Å². The van der Waals surface area contributed by atoms with E-state index in [9.17, 15) is 9.59 Å². The number of carbonyl (C=O) groups is 2. The summed E-state index contributed by atoms with van der Waals surface area (Å²) in [6, 6.07) is 14.9. The molecule has 0 aliphatic heterocycles. The number of amides is 2. The van der Waals surface area contributed by atoms with E-state index in [1.165, 1.54) is 0 Å². The number of anilines is 2. The maximum atomic E-state index is 12.3. The van der Waals surface area contributed by atoms with E-state index in [2.05, 4.69) is 10.6 Å². The van der Waals surface area contributed by atoms with E-state index in [1.807, 2.05) is 50.2 Å². The first-order chi connectivity index (χ1) is 12.5. The molecule has 0 aromatic heterocycles. The fourth-order valence-electron chi connectivity index (χ4n) is 2.55. The third-order valence-corrected chi connectivity index (χ3v) is 4.04. The Morgan fingerprint density at radius 1 is 0.962 bits per heavy atom. The molecule has 138 valence electrons. The highest BCUT2D eigenvalue weighted by atomic mass is 16.5. The molecule has 6 heteroatoms. The van der Waals surface area contributed by atoms with Crippen molar-refractivity contribution in [3.63, 3.8) is 0 Å². The van der Waals surface area contributed by atoms with Crippen molar-refractivity contribution in [3.8, 4) is 5.75 Å². The second kappa shape index (κ2) is 9.58. The van der Waals surface area contributed by atoms with Crippen molar-refractivity contribution in [2.75, 3.05) is 37.4 Å². The van der Waals surface area contributed by atoms with Crippen LogP contribution in [0.3, 0.4) is 0 Å². The number of carbonyl (C=O) groups excluding carboxylic acids is 2. The Hall–Kier alpha value is -2.86. The summed E-state index contributed by atoms with van der Waals surface area (Å²) < 4.78 is 5.23. The summed E-state index contributed by atoms with van der Waals surface area (Å²) in [4.78, 5) is 25.4. The average Bonchev–Trinajstić information content (AvgIpc) is 2.63. The van der Waals surface area contributed by atoms with E-state index in [4.69, 9.17) is 4.74 Å². The van der Waals surface area contributed by atoms with Crippen LogP contribution >= 0.6 is 0 Å². The third-order valence-electron chi connectivity index (χ3n) is 4.04. The lowest BCUT2D eigenvalue weighted by Crippen LogP contribution is -3.13. The van der Waals surface area contributed by atoms with Gasteiger partial charge in [-0.2, -0.15) is 0 Å². The standard InChI is InChI=1S/C20H25N3O3/c1-4-23(13-19(24)21-16-11-9-15(2)10-12-16)14-20(25)22-17-7-5-6-8-18(17)26-3/h5-12H,4,13-14H2,1-3H3,(H,21,24)(H,22,25)/p+1. The number of hydrogen-bond donors (Lipinski definition) is 3. The van der Waals surface area contributed by atoms with Gasteiger partial charge in [0.25, 0.3) is 11.8 Å². The predicted octanol–water partition coefficient (Wildman–Crippen LogP) is 1.49. The van der Waals surface area contributed by atoms with Crippen LogP contribution in [-0.4, -0.2) is 38.6 Å². The minimum atomic E-state index is -0.158. The average molecular weight is 356 g/mol. The molecule has 2 amide bonds. The normalized spacial score (nSPS) is 11.5. The Labute approximate surface area is 154 Å². The molecule has 1 atom stereocenters. The second-order valence-electron chi connectivity index (χ2n) is 6.12. The predicted molar refractivity (Wildman–Crippen MR) is 103 cm³/mol. The summed E-state index contributed by atoms with van der Waals surface area (Å²) in [6.45, 7) is 5.04. The van der Waals surface area contributed by atoms with Crippen LogP contribution in [0.25, 0.3) is 0 Å². The molecule has 26 heavy (non-hydrogen) atoms. The highest BCUT2D eigenvalue weighted by Gasteiger charge is 2.17. The molecular weight excluding hydrogens is 330 g/mol. The van der Waals surface area contributed by atoms with Gasteiger partial charge in [0.2, 0.25) is 0 Å². The molecule has 0 aliphatic carbocycles. The molecule has 0 spiro atoms. The second-order valence-corrected chi connectivity index (χ2v) is 6.12. The first-order valence-corrected chi connectivity index (χ1v) is 8.64. The van der Waals surface area contributed by atoms with E-state index in [1.54, 1.807) is 19.2 Å². The van der Waals surface area contributed by atoms with Crippen molar-refractivity contribution in [2.24, 2.45) is 0 Å². The molecular formula is C20H26N3O3+. The van der Waals surface area contributed by atoms with Gasteiger partial charge in [0.15, 0.2) is 13.1 Å². The number of nitrogens with one attached hydrogen (secondary N) is 3. The fourth-order valence-corrected chi connectivity index (χ4v) is 2.55. The molecule has 0 radical (unpaired) electrons. The highest BCUT2D eigenvalue weighted by Crippen LogP contribution is 2.22. The van der Waals surface area contributed by atoms with Crippen LogP contribution < -0.4 is 20.3 Å². The summed E-state index contributed by atoms with van der Waals surface area (Å²) in [5.74, 6) is 0.335. The smallest absolute Gasteiger partial charge is 0.279 e. The molecule has 2 rings (SSSR count). The Balaban J connectivity index is 1.88. The number of para-hydroxylation sites is 2. The largest absolute Gasteiger partial charge is 0.495 e. The van der Waals surface area contributed by atoms with Crippen LogP contribution in [0.5, 0.6) is 5.75 Å². The number of ether oxygens (including phenoxy) is 1. The van der Waals surface area contributed by atoms with Crippen LogP contribution in [0.1, 0.15) is 12.5 Å². The zero-order valence-corrected chi connectivity index (χ0v) is 15.5. The summed E-state index contributed by atoms with van der Waals surface area (Å²) in [6.07, 6.45) is 0. The Kier molecular flexibility index (Phi) is 7.17. The van der Waals surface area contributed by atoms with E-state index >= 15 is 0 Å². The summed E-state index contributed by atoms with van der Waals surface area (Å²) in [5, 5.41) is 5.70. The molecule has 0 bridgehead atoms. The maximum absolute atomic E-state index is 12.3. The molecule has 0 fully saturated rings. The van der Waals surface area contributed by atoms with Crippen molar-refractivity contribution in [1.29, 1.82) is 0 Å². The Morgan fingerprint density at radius 3 is 2.19 bits per heavy atom. The number of rotatable bonds is 8. The van der Waals surface area contributed by atoms with Crippen LogP contribution in [0.4, 0.5) is 11.4 Å². The van der Waals surface area contributed by atoms with Crippen LogP contribution in [0.2, 0.25) is 0 Å². The van der Waals surface area contributed by atoms with Gasteiger partial charge in [-0.15, -0.1) is 0 Å². The molecule has 0 saturated carbocycles. The van der Waals surface area contributed by atoms with Gasteiger partial charge in [-0.05, 0) is 38.1 Å². The van der Waals surface area contributed by atoms with E-state index in [0.29, 0.717) is 18.0 Å². The lowest BCUT2D eigenvalue weighted by Gasteiger charge is -2.17. The molecule has 2 aromatic rings. The van der Waals surface area contributed by atoms with Gasteiger partial charge in [-0.1, -0.05) is 29.8 Å². The van der Waals surface area contributed by atoms with Gasteiger partial charge in [0, 0.05) is 5.69 Å². The van der Waals surface area contributed by atoms with Gasteiger partial charge < -0.3 is 20.3 Å². The number of methoxy groups -OCH3 is 1. The third kappa shape index (κ3) is 5.89. The van der Waals surface area contributed by atoms with Gasteiger partial charge in [-0.3, -0.25) is 9.59 Å². The molecule has 3 N–H and O–H groups in total. The van der Waals surface area contributed by atoms with Gasteiger partial charge in [0.05, 0.1) is 19.3 Å². The molecule has 1 unspecified atom stereocenters. The summed E-state index contributed by atoms with van der Waals surface area (Å²) in [5.41, 5.74) is 2.52. The molecule has 0 aliphatic rings. The van der Waals surface area contributed by atoms with E-state index in [0.717, 1.165) is 16.2 Å². The molecule has 6 nitrogen and oxygen atoms in total. The Bertz CT molecular complexity index is 744. The van der Waals surface area contributed by atoms with E-state index < -0.39 is 0 Å². The minimum Gasteiger partial charge on any atom is -0.495 e. The van der Waals surface area contributed by atoms with E-state index in [-0.39, 0.29) is 24.9 Å². The van der Waals surface area contributed by atoms with Gasteiger partial charge in [-0.25, -0.2) is 0 Å². The zero-order chi connectivity index (χ0) is 18.9. The number of benzene rings is 2. The first-order valence-electron chi connectivity index (χ1n) is 8.64. The van der Waals surface area contributed by atoms with Crippen molar-refractivity contribution in [1.82, 2.24) is 0 Å². The first kappa shape index (κ1) is 19.5. The maximum Gasteiger partial charge on any atom is 0.279 e. The lowest BCUT2D eigenvalue weighted by molar-refractivity contribution is -0.881. The molecule has 2 aromatic carbocycles. The number of quaternary nitrogens is 1. The van der Waals surface area contributed by atoms with Crippen molar-refractivity contribution < 1.29 is 19.2 Å². The topological polar surface area (TPSA) is 71.9 Å². The zero-order valence-electron chi connectivity index (χ0n) is 15.5.